The van der Waals surface area contributed by atoms with Crippen molar-refractivity contribution in [3.63, 3.8) is 0 Å². The quantitative estimate of drug-likeness (QED) is 0.571. The standard InChI is InChI=1S/C8H7FN2O3/c1-4-2-5(9)3-6(8(10)12)7(4)11(13)14/h2-3H,1H3,(H2,10,12). The Balaban J connectivity index is 3.52. The van der Waals surface area contributed by atoms with Gasteiger partial charge in [0.05, 0.1) is 4.92 Å². The number of hydrogen-bond acceptors (Lipinski definition) is 3. The summed E-state index contributed by atoms with van der Waals surface area (Å²) in [4.78, 5) is 20.6. The summed E-state index contributed by atoms with van der Waals surface area (Å²) in [5.74, 6) is -1.73. The molecule has 14 heavy (non-hydrogen) atoms. The van der Waals surface area contributed by atoms with Crippen molar-refractivity contribution in [2.75, 3.05) is 0 Å². The number of nitrogens with two attached hydrogens (primary N) is 1. The number of aryl methyl sites for hydroxylation is 1. The topological polar surface area (TPSA) is 86.2 Å². The zero-order chi connectivity index (χ0) is 10.9. The number of primary amides is 1. The molecule has 74 valence electrons. The van der Waals surface area contributed by atoms with Gasteiger partial charge in [-0.15, -0.1) is 0 Å². The summed E-state index contributed by atoms with van der Waals surface area (Å²) in [7, 11) is 0. The van der Waals surface area contributed by atoms with Crippen molar-refractivity contribution in [3.8, 4) is 0 Å². The van der Waals surface area contributed by atoms with Crippen molar-refractivity contribution in [2.24, 2.45) is 5.73 Å². The van der Waals surface area contributed by atoms with Crippen LogP contribution in [0.15, 0.2) is 12.1 Å². The average molecular weight is 198 g/mol. The molecule has 6 heteroatoms. The second kappa shape index (κ2) is 3.41. The second-order valence-corrected chi connectivity index (χ2v) is 2.74. The van der Waals surface area contributed by atoms with Crippen LogP contribution in [-0.4, -0.2) is 10.8 Å². The number of halogens is 1. The molecule has 0 radical (unpaired) electrons. The molecule has 0 saturated carbocycles. The highest BCUT2D eigenvalue weighted by atomic mass is 19.1. The van der Waals surface area contributed by atoms with Gasteiger partial charge >= 0.3 is 0 Å². The Labute approximate surface area is 78.5 Å². The first-order valence-electron chi connectivity index (χ1n) is 3.68. The maximum atomic E-state index is 12.8. The van der Waals surface area contributed by atoms with E-state index in [9.17, 15) is 19.3 Å². The smallest absolute Gasteiger partial charge is 0.285 e. The molecule has 0 saturated heterocycles. The molecule has 0 unspecified atom stereocenters. The molecule has 0 aliphatic heterocycles. The van der Waals surface area contributed by atoms with E-state index >= 15 is 0 Å². The van der Waals surface area contributed by atoms with Crippen molar-refractivity contribution < 1.29 is 14.1 Å². The lowest BCUT2D eigenvalue weighted by Gasteiger charge is -2.01. The molecule has 0 aromatic heterocycles. The highest BCUT2D eigenvalue weighted by Gasteiger charge is 2.22. The molecule has 0 bridgehead atoms. The van der Waals surface area contributed by atoms with Gasteiger partial charge < -0.3 is 5.73 Å². The fraction of sp³-hybridized carbons (Fsp3) is 0.125. The third kappa shape index (κ3) is 1.68. The van der Waals surface area contributed by atoms with E-state index in [2.05, 4.69) is 0 Å². The molecule has 5 nitrogen and oxygen atoms in total. The predicted octanol–water partition coefficient (Wildman–Crippen LogP) is 1.14. The second-order valence-electron chi connectivity index (χ2n) is 2.74. The Hall–Kier alpha value is -1.98. The normalized spacial score (nSPS) is 9.86. The van der Waals surface area contributed by atoms with Gasteiger partial charge in [0.25, 0.3) is 11.6 Å². The number of benzene rings is 1. The number of hydrogen-bond donors (Lipinski definition) is 1. The van der Waals surface area contributed by atoms with E-state index in [0.29, 0.717) is 0 Å². The highest BCUT2D eigenvalue weighted by Crippen LogP contribution is 2.23. The van der Waals surface area contributed by atoms with Crippen LogP contribution in [0.4, 0.5) is 10.1 Å². The van der Waals surface area contributed by atoms with E-state index < -0.39 is 27.9 Å². The number of rotatable bonds is 2. The van der Waals surface area contributed by atoms with Crippen molar-refractivity contribution in [2.45, 2.75) is 6.92 Å². The van der Waals surface area contributed by atoms with Crippen LogP contribution in [-0.2, 0) is 0 Å². The van der Waals surface area contributed by atoms with Crippen LogP contribution in [0.5, 0.6) is 0 Å². The fourth-order valence-corrected chi connectivity index (χ4v) is 1.17. The Morgan fingerprint density at radius 2 is 2.14 bits per heavy atom. The van der Waals surface area contributed by atoms with Crippen molar-refractivity contribution >= 4 is 11.6 Å². The van der Waals surface area contributed by atoms with Gasteiger partial charge in [0.2, 0.25) is 0 Å². The molecular formula is C8H7FN2O3. The van der Waals surface area contributed by atoms with Crippen LogP contribution in [0.1, 0.15) is 15.9 Å². The summed E-state index contributed by atoms with van der Waals surface area (Å²) < 4.78 is 12.8. The van der Waals surface area contributed by atoms with Gasteiger partial charge in [0.15, 0.2) is 0 Å². The molecule has 2 N–H and O–H groups in total. The fourth-order valence-electron chi connectivity index (χ4n) is 1.17. The number of carbonyl (C=O) groups excluding carboxylic acids is 1. The van der Waals surface area contributed by atoms with Gasteiger partial charge in [-0.3, -0.25) is 14.9 Å². The van der Waals surface area contributed by atoms with E-state index in [0.717, 1.165) is 12.1 Å². The summed E-state index contributed by atoms with van der Waals surface area (Å²) in [6.45, 7) is 1.34. The van der Waals surface area contributed by atoms with Gasteiger partial charge in [0, 0.05) is 5.56 Å². The summed E-state index contributed by atoms with van der Waals surface area (Å²) in [5.41, 5.74) is 4.10. The number of amides is 1. The monoisotopic (exact) mass is 198 g/mol. The zero-order valence-corrected chi connectivity index (χ0v) is 7.28. The molecule has 1 amide bonds. The lowest BCUT2D eigenvalue weighted by atomic mass is 10.1. The van der Waals surface area contributed by atoms with E-state index in [1.165, 1.54) is 6.92 Å². The van der Waals surface area contributed by atoms with Gasteiger partial charge in [0.1, 0.15) is 11.4 Å². The largest absolute Gasteiger partial charge is 0.365 e. The molecule has 0 atom stereocenters. The summed E-state index contributed by atoms with van der Waals surface area (Å²) >= 11 is 0. The first-order valence-corrected chi connectivity index (χ1v) is 3.68. The van der Waals surface area contributed by atoms with E-state index in [-0.39, 0.29) is 5.56 Å². The molecule has 0 aliphatic carbocycles. The maximum Gasteiger partial charge on any atom is 0.285 e. The first kappa shape index (κ1) is 10.1. The Morgan fingerprint density at radius 3 is 2.57 bits per heavy atom. The molecule has 0 aliphatic rings. The van der Waals surface area contributed by atoms with Crippen LogP contribution in [0.2, 0.25) is 0 Å². The molecule has 0 spiro atoms. The maximum absolute atomic E-state index is 12.8. The minimum atomic E-state index is -1.01. The minimum Gasteiger partial charge on any atom is -0.365 e. The van der Waals surface area contributed by atoms with E-state index in [1.54, 1.807) is 0 Å². The lowest BCUT2D eigenvalue weighted by molar-refractivity contribution is -0.385. The van der Waals surface area contributed by atoms with Gasteiger partial charge in [-0.1, -0.05) is 0 Å². The number of nitro benzene ring substituents is 1. The van der Waals surface area contributed by atoms with Gasteiger partial charge in [-0.25, -0.2) is 4.39 Å². The number of nitrogens with zero attached hydrogens (tertiary/aromatic N) is 1. The van der Waals surface area contributed by atoms with Crippen molar-refractivity contribution in [3.05, 3.63) is 39.2 Å². The Kier molecular flexibility index (Phi) is 2.46. The Morgan fingerprint density at radius 1 is 1.57 bits per heavy atom. The van der Waals surface area contributed by atoms with Crippen LogP contribution < -0.4 is 5.73 Å². The van der Waals surface area contributed by atoms with Gasteiger partial charge in [-0.05, 0) is 19.1 Å². The third-order valence-electron chi connectivity index (χ3n) is 1.71. The van der Waals surface area contributed by atoms with Crippen LogP contribution >= 0.6 is 0 Å². The third-order valence-corrected chi connectivity index (χ3v) is 1.71. The average Bonchev–Trinajstić information content (AvgIpc) is 2.01. The number of carbonyl (C=O) groups is 1. The van der Waals surface area contributed by atoms with E-state index in [1.807, 2.05) is 0 Å². The molecule has 1 aromatic carbocycles. The van der Waals surface area contributed by atoms with Crippen LogP contribution in [0.3, 0.4) is 0 Å². The SMILES string of the molecule is Cc1cc(F)cc(C(N)=O)c1[N+](=O)[O-]. The summed E-state index contributed by atoms with van der Waals surface area (Å²) in [5, 5.41) is 10.5. The molecule has 0 heterocycles. The summed E-state index contributed by atoms with van der Waals surface area (Å²) in [6.07, 6.45) is 0. The van der Waals surface area contributed by atoms with Crippen LogP contribution in [0, 0.1) is 22.9 Å². The van der Waals surface area contributed by atoms with Crippen LogP contribution in [0.25, 0.3) is 0 Å². The minimum absolute atomic E-state index is 0.0730. The highest BCUT2D eigenvalue weighted by molar-refractivity contribution is 5.97. The molecule has 1 rings (SSSR count). The van der Waals surface area contributed by atoms with E-state index in [4.69, 9.17) is 5.73 Å². The Bertz CT molecular complexity index is 417. The number of nitro groups is 1. The molecular weight excluding hydrogens is 191 g/mol. The van der Waals surface area contributed by atoms with Crippen molar-refractivity contribution in [1.82, 2.24) is 0 Å². The summed E-state index contributed by atoms with van der Waals surface area (Å²) in [6, 6.07) is 1.73. The molecule has 0 fully saturated rings. The van der Waals surface area contributed by atoms with Gasteiger partial charge in [-0.2, -0.15) is 0 Å². The zero-order valence-electron chi connectivity index (χ0n) is 7.28. The first-order chi connectivity index (χ1) is 6.43. The lowest BCUT2D eigenvalue weighted by Crippen LogP contribution is -2.14. The van der Waals surface area contributed by atoms with Crippen molar-refractivity contribution in [1.29, 1.82) is 0 Å². The predicted molar refractivity (Wildman–Crippen MR) is 46.3 cm³/mol. The molecule has 1 aromatic rings.